The number of fused-ring (bicyclic) bond motifs is 1. The van der Waals surface area contributed by atoms with E-state index in [1.165, 1.54) is 17.5 Å². The van der Waals surface area contributed by atoms with Crippen molar-refractivity contribution in [1.82, 2.24) is 15.1 Å². The SMILES string of the molecule is CCCCN(C)C(=NCCCC(=O)N1Cc2ccccc2C1)NCC. The molecule has 0 atom stereocenters. The number of amides is 1. The molecule has 0 aromatic heterocycles. The van der Waals surface area contributed by atoms with Gasteiger partial charge in [0.2, 0.25) is 5.91 Å². The number of unbranched alkanes of at least 4 members (excludes halogenated alkanes) is 1. The van der Waals surface area contributed by atoms with Crippen LogP contribution in [0.2, 0.25) is 0 Å². The summed E-state index contributed by atoms with van der Waals surface area (Å²) in [5, 5.41) is 3.33. The van der Waals surface area contributed by atoms with Crippen molar-refractivity contribution < 1.29 is 4.79 Å². The van der Waals surface area contributed by atoms with Crippen LogP contribution in [0, 0.1) is 0 Å². The van der Waals surface area contributed by atoms with Gasteiger partial charge in [0, 0.05) is 46.2 Å². The first-order valence-electron chi connectivity index (χ1n) is 9.49. The molecule has 0 saturated heterocycles. The summed E-state index contributed by atoms with van der Waals surface area (Å²) in [6.07, 6.45) is 3.70. The van der Waals surface area contributed by atoms with Gasteiger partial charge >= 0.3 is 0 Å². The average Bonchev–Trinajstić information content (AvgIpc) is 3.06. The number of carbonyl (C=O) groups is 1. The largest absolute Gasteiger partial charge is 0.357 e. The first-order valence-corrected chi connectivity index (χ1v) is 9.49. The van der Waals surface area contributed by atoms with Crippen LogP contribution in [0.3, 0.4) is 0 Å². The van der Waals surface area contributed by atoms with Gasteiger partial charge in [0.1, 0.15) is 0 Å². The van der Waals surface area contributed by atoms with Gasteiger partial charge in [0.15, 0.2) is 5.96 Å². The van der Waals surface area contributed by atoms with Crippen molar-refractivity contribution in [3.05, 3.63) is 35.4 Å². The topological polar surface area (TPSA) is 47.9 Å². The predicted octanol–water partition coefficient (Wildman–Crippen LogP) is 3.01. The molecular weight excluding hydrogens is 312 g/mol. The summed E-state index contributed by atoms with van der Waals surface area (Å²) in [5.41, 5.74) is 2.56. The molecule has 0 fully saturated rings. The summed E-state index contributed by atoms with van der Waals surface area (Å²) in [6.45, 7) is 8.33. The Morgan fingerprint density at radius 2 is 1.88 bits per heavy atom. The lowest BCUT2D eigenvalue weighted by atomic mass is 10.1. The normalized spacial score (nSPS) is 13.7. The van der Waals surface area contributed by atoms with Gasteiger partial charge in [-0.25, -0.2) is 0 Å². The standard InChI is InChI=1S/C20H32N4O/c1-4-6-14-23(3)20(21-5-2)22-13-9-12-19(25)24-15-17-10-7-8-11-18(17)16-24/h7-8,10-11H,4-6,9,12-16H2,1-3H3,(H,21,22). The van der Waals surface area contributed by atoms with Gasteiger partial charge in [-0.05, 0) is 30.9 Å². The molecule has 5 heteroatoms. The Balaban J connectivity index is 1.76. The molecule has 1 heterocycles. The summed E-state index contributed by atoms with van der Waals surface area (Å²) < 4.78 is 0. The average molecular weight is 345 g/mol. The Bertz CT molecular complexity index is 560. The van der Waals surface area contributed by atoms with E-state index >= 15 is 0 Å². The molecule has 1 aliphatic rings. The number of hydrogen-bond donors (Lipinski definition) is 1. The third kappa shape index (κ3) is 5.76. The molecule has 0 bridgehead atoms. The fraction of sp³-hybridized carbons (Fsp3) is 0.600. The Labute approximate surface area is 152 Å². The van der Waals surface area contributed by atoms with Crippen LogP contribution in [0.1, 0.15) is 50.7 Å². The molecule has 1 aliphatic heterocycles. The number of nitrogens with zero attached hydrogens (tertiary/aromatic N) is 3. The Kier molecular flexibility index (Phi) is 7.76. The fourth-order valence-electron chi connectivity index (χ4n) is 3.05. The van der Waals surface area contributed by atoms with Crippen LogP contribution >= 0.6 is 0 Å². The van der Waals surface area contributed by atoms with E-state index in [0.717, 1.165) is 45.0 Å². The molecule has 1 amide bonds. The third-order valence-corrected chi connectivity index (χ3v) is 4.55. The highest BCUT2D eigenvalue weighted by atomic mass is 16.2. The van der Waals surface area contributed by atoms with Gasteiger partial charge in [-0.2, -0.15) is 0 Å². The van der Waals surface area contributed by atoms with Crippen molar-refractivity contribution in [3.8, 4) is 0 Å². The van der Waals surface area contributed by atoms with E-state index in [0.29, 0.717) is 13.0 Å². The highest BCUT2D eigenvalue weighted by Gasteiger charge is 2.22. The van der Waals surface area contributed by atoms with Crippen molar-refractivity contribution in [2.24, 2.45) is 4.99 Å². The minimum absolute atomic E-state index is 0.232. The molecule has 0 spiro atoms. The maximum absolute atomic E-state index is 12.4. The number of benzene rings is 1. The second-order valence-corrected chi connectivity index (χ2v) is 6.63. The van der Waals surface area contributed by atoms with E-state index in [4.69, 9.17) is 0 Å². The molecule has 0 radical (unpaired) electrons. The van der Waals surface area contributed by atoms with Crippen LogP contribution in [0.25, 0.3) is 0 Å². The van der Waals surface area contributed by atoms with Gasteiger partial charge in [-0.1, -0.05) is 37.6 Å². The zero-order valence-electron chi connectivity index (χ0n) is 15.9. The number of hydrogen-bond acceptors (Lipinski definition) is 2. The first-order chi connectivity index (χ1) is 12.2. The molecule has 0 unspecified atom stereocenters. The molecule has 2 rings (SSSR count). The molecule has 1 N–H and O–H groups in total. The minimum atomic E-state index is 0.232. The molecule has 138 valence electrons. The maximum Gasteiger partial charge on any atom is 0.223 e. The second kappa shape index (κ2) is 10.1. The number of nitrogens with one attached hydrogen (secondary N) is 1. The highest BCUT2D eigenvalue weighted by molar-refractivity contribution is 5.80. The van der Waals surface area contributed by atoms with E-state index in [1.807, 2.05) is 17.0 Å². The van der Waals surface area contributed by atoms with Crippen LogP contribution in [-0.2, 0) is 17.9 Å². The molecule has 0 aliphatic carbocycles. The van der Waals surface area contributed by atoms with E-state index in [-0.39, 0.29) is 5.91 Å². The zero-order valence-corrected chi connectivity index (χ0v) is 15.9. The summed E-state index contributed by atoms with van der Waals surface area (Å²) in [7, 11) is 2.07. The third-order valence-electron chi connectivity index (χ3n) is 4.55. The van der Waals surface area contributed by atoms with Crippen LogP contribution in [0.4, 0.5) is 0 Å². The lowest BCUT2D eigenvalue weighted by molar-refractivity contribution is -0.131. The van der Waals surface area contributed by atoms with Crippen molar-refractivity contribution in [2.75, 3.05) is 26.7 Å². The minimum Gasteiger partial charge on any atom is -0.357 e. The Morgan fingerprint density at radius 3 is 2.48 bits per heavy atom. The monoisotopic (exact) mass is 344 g/mol. The maximum atomic E-state index is 12.4. The zero-order chi connectivity index (χ0) is 18.1. The Hall–Kier alpha value is -2.04. The van der Waals surface area contributed by atoms with Gasteiger partial charge < -0.3 is 15.1 Å². The van der Waals surface area contributed by atoms with E-state index in [1.54, 1.807) is 0 Å². The predicted molar refractivity (Wildman–Crippen MR) is 103 cm³/mol. The quantitative estimate of drug-likeness (QED) is 0.448. The number of rotatable bonds is 8. The van der Waals surface area contributed by atoms with E-state index < -0.39 is 0 Å². The van der Waals surface area contributed by atoms with Gasteiger partial charge in [-0.15, -0.1) is 0 Å². The summed E-state index contributed by atoms with van der Waals surface area (Å²) >= 11 is 0. The Morgan fingerprint density at radius 1 is 1.20 bits per heavy atom. The lowest BCUT2D eigenvalue weighted by Gasteiger charge is -2.21. The fourth-order valence-corrected chi connectivity index (χ4v) is 3.05. The summed E-state index contributed by atoms with van der Waals surface area (Å²) in [4.78, 5) is 21.2. The first kappa shape index (κ1) is 19.3. The molecule has 25 heavy (non-hydrogen) atoms. The van der Waals surface area contributed by atoms with Crippen LogP contribution in [-0.4, -0.2) is 48.3 Å². The number of aliphatic imine (C=N–C) groups is 1. The van der Waals surface area contributed by atoms with Crippen molar-refractivity contribution in [2.45, 2.75) is 52.6 Å². The van der Waals surface area contributed by atoms with Crippen molar-refractivity contribution in [3.63, 3.8) is 0 Å². The highest BCUT2D eigenvalue weighted by Crippen LogP contribution is 2.22. The summed E-state index contributed by atoms with van der Waals surface area (Å²) in [6, 6.07) is 8.31. The number of guanidine groups is 1. The van der Waals surface area contributed by atoms with Gasteiger partial charge in [0.05, 0.1) is 0 Å². The van der Waals surface area contributed by atoms with Crippen molar-refractivity contribution >= 4 is 11.9 Å². The summed E-state index contributed by atoms with van der Waals surface area (Å²) in [5.74, 6) is 1.17. The molecule has 0 saturated carbocycles. The molecule has 5 nitrogen and oxygen atoms in total. The van der Waals surface area contributed by atoms with Crippen LogP contribution in [0.5, 0.6) is 0 Å². The van der Waals surface area contributed by atoms with E-state index in [9.17, 15) is 4.79 Å². The van der Waals surface area contributed by atoms with Crippen molar-refractivity contribution in [1.29, 1.82) is 0 Å². The van der Waals surface area contributed by atoms with Crippen LogP contribution < -0.4 is 5.32 Å². The number of carbonyl (C=O) groups excluding carboxylic acids is 1. The lowest BCUT2D eigenvalue weighted by Crippen LogP contribution is -2.39. The molecule has 1 aromatic carbocycles. The van der Waals surface area contributed by atoms with Gasteiger partial charge in [0.25, 0.3) is 0 Å². The molecular formula is C20H32N4O. The van der Waals surface area contributed by atoms with E-state index in [2.05, 4.69) is 48.2 Å². The second-order valence-electron chi connectivity index (χ2n) is 6.63. The van der Waals surface area contributed by atoms with Crippen LogP contribution in [0.15, 0.2) is 29.3 Å². The van der Waals surface area contributed by atoms with Gasteiger partial charge in [-0.3, -0.25) is 9.79 Å². The molecule has 1 aromatic rings. The smallest absolute Gasteiger partial charge is 0.223 e.